The predicted octanol–water partition coefficient (Wildman–Crippen LogP) is 1.55. The summed E-state index contributed by atoms with van der Waals surface area (Å²) in [6.07, 6.45) is 2.68. The fourth-order valence-electron chi connectivity index (χ4n) is 1.25. The van der Waals surface area contributed by atoms with Crippen molar-refractivity contribution in [2.24, 2.45) is 5.92 Å². The molecule has 6 heteroatoms. The van der Waals surface area contributed by atoms with Crippen LogP contribution in [0.2, 0.25) is 0 Å². The molecule has 0 unspecified atom stereocenters. The van der Waals surface area contributed by atoms with Crippen molar-refractivity contribution in [3.8, 4) is 0 Å². The van der Waals surface area contributed by atoms with Gasteiger partial charge in [-0.05, 0) is 12.8 Å². The fraction of sp³-hybridized carbons (Fsp3) is 0.875. The maximum absolute atomic E-state index is 11.2. The molecule has 0 saturated carbocycles. The monoisotopic (exact) mass is 224 g/mol. The first-order chi connectivity index (χ1) is 6.40. The molecule has 0 amide bonds. The van der Waals surface area contributed by atoms with Crippen molar-refractivity contribution in [3.05, 3.63) is 0 Å². The highest BCUT2D eigenvalue weighted by molar-refractivity contribution is 7.81. The molecular formula is C8H16O5S. The molecule has 0 aromatic heterocycles. The van der Waals surface area contributed by atoms with Gasteiger partial charge in [0.2, 0.25) is 0 Å². The van der Waals surface area contributed by atoms with E-state index >= 15 is 0 Å². The van der Waals surface area contributed by atoms with Gasteiger partial charge in [0.15, 0.2) is 0 Å². The quantitative estimate of drug-likeness (QED) is 0.692. The lowest BCUT2D eigenvalue weighted by Crippen LogP contribution is -2.21. The zero-order chi connectivity index (χ0) is 11.2. The third-order valence-electron chi connectivity index (χ3n) is 1.80. The van der Waals surface area contributed by atoms with Gasteiger partial charge in [-0.2, -0.15) is 8.42 Å². The molecule has 0 aliphatic rings. The topological polar surface area (TPSA) is 80.7 Å². The molecule has 0 bridgehead atoms. The summed E-state index contributed by atoms with van der Waals surface area (Å²) < 4.78 is 32.7. The van der Waals surface area contributed by atoms with Gasteiger partial charge in [0.1, 0.15) is 0 Å². The molecule has 84 valence electrons. The van der Waals surface area contributed by atoms with E-state index in [4.69, 9.17) is 4.55 Å². The van der Waals surface area contributed by atoms with Gasteiger partial charge in [-0.1, -0.05) is 26.7 Å². The summed E-state index contributed by atoms with van der Waals surface area (Å²) in [6, 6.07) is 0. The summed E-state index contributed by atoms with van der Waals surface area (Å²) >= 11 is 0. The van der Waals surface area contributed by atoms with Gasteiger partial charge in [-0.25, -0.2) is 0 Å². The Labute approximate surface area is 84.4 Å². The number of carbonyl (C=O) groups excluding carboxylic acids is 1. The third kappa shape index (κ3) is 5.93. The zero-order valence-electron chi connectivity index (χ0n) is 8.39. The molecule has 14 heavy (non-hydrogen) atoms. The van der Waals surface area contributed by atoms with Crippen molar-refractivity contribution >= 4 is 16.4 Å². The van der Waals surface area contributed by atoms with Crippen molar-refractivity contribution in [1.29, 1.82) is 0 Å². The highest BCUT2D eigenvalue weighted by Crippen LogP contribution is 2.15. The van der Waals surface area contributed by atoms with Gasteiger partial charge in [0.25, 0.3) is 0 Å². The molecule has 0 aromatic carbocycles. The Bertz CT molecular complexity index is 263. The predicted molar refractivity (Wildman–Crippen MR) is 50.9 cm³/mol. The van der Waals surface area contributed by atoms with E-state index < -0.39 is 22.3 Å². The van der Waals surface area contributed by atoms with Gasteiger partial charge < -0.3 is 4.18 Å². The van der Waals surface area contributed by atoms with Crippen LogP contribution in [0.25, 0.3) is 0 Å². The molecule has 0 fully saturated rings. The van der Waals surface area contributed by atoms with E-state index in [1.54, 1.807) is 0 Å². The fourth-order valence-corrected chi connectivity index (χ4v) is 1.59. The van der Waals surface area contributed by atoms with Crippen molar-refractivity contribution in [2.45, 2.75) is 39.5 Å². The average Bonchev–Trinajstić information content (AvgIpc) is 2.01. The summed E-state index contributed by atoms with van der Waals surface area (Å²) in [5.41, 5.74) is 0. The van der Waals surface area contributed by atoms with Gasteiger partial charge in [0.05, 0.1) is 5.92 Å². The minimum absolute atomic E-state index is 0.438. The van der Waals surface area contributed by atoms with Gasteiger partial charge in [0, 0.05) is 0 Å². The molecule has 0 aromatic rings. The van der Waals surface area contributed by atoms with Crippen LogP contribution in [0.15, 0.2) is 0 Å². The Morgan fingerprint density at radius 1 is 1.29 bits per heavy atom. The van der Waals surface area contributed by atoms with Gasteiger partial charge in [-0.15, -0.1) is 0 Å². The average molecular weight is 224 g/mol. The van der Waals surface area contributed by atoms with Crippen LogP contribution in [0, 0.1) is 5.92 Å². The van der Waals surface area contributed by atoms with Gasteiger partial charge in [-0.3, -0.25) is 9.35 Å². The van der Waals surface area contributed by atoms with Gasteiger partial charge >= 0.3 is 16.4 Å². The van der Waals surface area contributed by atoms with E-state index in [9.17, 15) is 13.2 Å². The second-order valence-electron chi connectivity index (χ2n) is 3.10. The molecule has 0 rings (SSSR count). The summed E-state index contributed by atoms with van der Waals surface area (Å²) in [5, 5.41) is 0. The zero-order valence-corrected chi connectivity index (χ0v) is 9.21. The Hall–Kier alpha value is -0.620. The van der Waals surface area contributed by atoms with Crippen LogP contribution < -0.4 is 0 Å². The Morgan fingerprint density at radius 2 is 1.71 bits per heavy atom. The highest BCUT2D eigenvalue weighted by Gasteiger charge is 2.22. The van der Waals surface area contributed by atoms with E-state index in [1.807, 2.05) is 13.8 Å². The minimum Gasteiger partial charge on any atom is -0.325 e. The normalized spacial score (nSPS) is 11.7. The van der Waals surface area contributed by atoms with Crippen LogP contribution in [0.5, 0.6) is 0 Å². The van der Waals surface area contributed by atoms with E-state index in [1.165, 1.54) is 0 Å². The Kier molecular flexibility index (Phi) is 5.71. The van der Waals surface area contributed by atoms with Crippen molar-refractivity contribution in [1.82, 2.24) is 0 Å². The molecule has 0 spiro atoms. The SMILES string of the molecule is CCCC(CCC)C(=O)OS(=O)(=O)O. The van der Waals surface area contributed by atoms with E-state index in [0.717, 1.165) is 12.8 Å². The summed E-state index contributed by atoms with van der Waals surface area (Å²) in [7, 11) is -4.65. The lowest BCUT2D eigenvalue weighted by molar-refractivity contribution is -0.139. The van der Waals surface area contributed by atoms with Crippen LogP contribution >= 0.6 is 0 Å². The number of hydrogen-bond donors (Lipinski definition) is 1. The van der Waals surface area contributed by atoms with Crippen LogP contribution in [-0.2, 0) is 19.4 Å². The van der Waals surface area contributed by atoms with Crippen LogP contribution in [0.1, 0.15) is 39.5 Å². The summed E-state index contributed by atoms with van der Waals surface area (Å²) in [5.74, 6) is -1.30. The first-order valence-corrected chi connectivity index (χ1v) is 5.98. The standard InChI is InChI=1S/C8H16O5S/c1-3-5-7(6-4-2)8(9)13-14(10,11)12/h7H,3-6H2,1-2H3,(H,10,11,12). The maximum Gasteiger partial charge on any atom is 0.448 e. The number of rotatable bonds is 6. The first kappa shape index (κ1) is 13.4. The van der Waals surface area contributed by atoms with E-state index in [2.05, 4.69) is 4.18 Å². The molecule has 0 aliphatic carbocycles. The molecule has 0 heterocycles. The molecule has 5 nitrogen and oxygen atoms in total. The smallest absolute Gasteiger partial charge is 0.325 e. The third-order valence-corrected chi connectivity index (χ3v) is 2.17. The molecule has 0 atom stereocenters. The lowest BCUT2D eigenvalue weighted by atomic mass is 9.99. The van der Waals surface area contributed by atoms with Crippen LogP contribution in [0.3, 0.4) is 0 Å². The number of carbonyl (C=O) groups is 1. The molecular weight excluding hydrogens is 208 g/mol. The summed E-state index contributed by atoms with van der Waals surface area (Å²) in [6.45, 7) is 3.78. The highest BCUT2D eigenvalue weighted by atomic mass is 32.3. The largest absolute Gasteiger partial charge is 0.448 e. The molecule has 0 radical (unpaired) electrons. The molecule has 1 N–H and O–H groups in total. The summed E-state index contributed by atoms with van der Waals surface area (Å²) in [4.78, 5) is 11.2. The Morgan fingerprint density at radius 3 is 2.00 bits per heavy atom. The molecule has 0 saturated heterocycles. The first-order valence-electron chi connectivity index (χ1n) is 4.61. The Balaban J connectivity index is 4.29. The van der Waals surface area contributed by atoms with E-state index in [-0.39, 0.29) is 0 Å². The van der Waals surface area contributed by atoms with E-state index in [0.29, 0.717) is 12.8 Å². The van der Waals surface area contributed by atoms with Crippen LogP contribution in [-0.4, -0.2) is 18.9 Å². The molecule has 0 aliphatic heterocycles. The number of hydrogen-bond acceptors (Lipinski definition) is 4. The van der Waals surface area contributed by atoms with Crippen LogP contribution in [0.4, 0.5) is 0 Å². The lowest BCUT2D eigenvalue weighted by Gasteiger charge is -2.11. The van der Waals surface area contributed by atoms with Crippen molar-refractivity contribution in [3.63, 3.8) is 0 Å². The van der Waals surface area contributed by atoms with Crippen molar-refractivity contribution in [2.75, 3.05) is 0 Å². The second-order valence-corrected chi connectivity index (χ2v) is 4.13. The maximum atomic E-state index is 11.2. The minimum atomic E-state index is -4.65. The second kappa shape index (κ2) is 5.98. The van der Waals surface area contributed by atoms with Crippen molar-refractivity contribution < 1.29 is 21.9 Å².